The molecular formula is C22H32N4O2. The van der Waals surface area contributed by atoms with Crippen LogP contribution in [-0.2, 0) is 4.79 Å². The summed E-state index contributed by atoms with van der Waals surface area (Å²) in [6.07, 6.45) is 8.66. The van der Waals surface area contributed by atoms with Gasteiger partial charge in [-0.05, 0) is 25.3 Å². The third-order valence-corrected chi connectivity index (χ3v) is 5.73. The molecule has 0 aromatic heterocycles. The maximum absolute atomic E-state index is 12.4. The minimum Gasteiger partial charge on any atom is -0.335 e. The Labute approximate surface area is 168 Å². The van der Waals surface area contributed by atoms with Crippen molar-refractivity contribution in [2.24, 2.45) is 0 Å². The fourth-order valence-electron chi connectivity index (χ4n) is 3.91. The van der Waals surface area contributed by atoms with Crippen molar-refractivity contribution in [2.75, 3.05) is 32.7 Å². The quantitative estimate of drug-likeness (QED) is 0.791. The highest BCUT2D eigenvalue weighted by molar-refractivity contribution is 5.96. The number of urea groups is 1. The molecule has 1 aliphatic carbocycles. The van der Waals surface area contributed by atoms with Gasteiger partial charge < -0.3 is 5.32 Å². The third-order valence-electron chi connectivity index (χ3n) is 5.73. The molecule has 2 N–H and O–H groups in total. The first-order chi connectivity index (χ1) is 13.6. The van der Waals surface area contributed by atoms with E-state index in [1.165, 1.54) is 5.56 Å². The molecule has 1 saturated heterocycles. The van der Waals surface area contributed by atoms with E-state index < -0.39 is 0 Å². The van der Waals surface area contributed by atoms with E-state index >= 15 is 0 Å². The number of hydrogen-bond donors (Lipinski definition) is 2. The summed E-state index contributed by atoms with van der Waals surface area (Å²) >= 11 is 0. The van der Waals surface area contributed by atoms with Gasteiger partial charge in [0.1, 0.15) is 0 Å². The number of hydrogen-bond acceptors (Lipinski definition) is 4. The second-order valence-electron chi connectivity index (χ2n) is 7.77. The Hall–Kier alpha value is -2.18. The summed E-state index contributed by atoms with van der Waals surface area (Å²) in [6, 6.07) is 9.86. The smallest absolute Gasteiger partial charge is 0.321 e. The molecule has 1 aliphatic heterocycles. The van der Waals surface area contributed by atoms with Gasteiger partial charge in [-0.1, -0.05) is 55.3 Å². The number of carbonyl (C=O) groups excluding carboxylic acids is 2. The summed E-state index contributed by atoms with van der Waals surface area (Å²) in [4.78, 5) is 28.9. The fourth-order valence-corrected chi connectivity index (χ4v) is 3.91. The number of rotatable bonds is 6. The lowest BCUT2D eigenvalue weighted by Gasteiger charge is -2.36. The summed E-state index contributed by atoms with van der Waals surface area (Å²) in [5.41, 5.74) is 1.21. The van der Waals surface area contributed by atoms with Crippen molar-refractivity contribution < 1.29 is 9.59 Å². The van der Waals surface area contributed by atoms with Gasteiger partial charge >= 0.3 is 6.03 Å². The molecule has 2 aliphatic rings. The van der Waals surface area contributed by atoms with Crippen LogP contribution in [0.3, 0.4) is 0 Å². The molecule has 6 heteroatoms. The average molecular weight is 385 g/mol. The topological polar surface area (TPSA) is 64.7 Å². The van der Waals surface area contributed by atoms with Gasteiger partial charge in [-0.3, -0.25) is 19.9 Å². The molecule has 3 amide bonds. The average Bonchev–Trinajstić information content (AvgIpc) is 3.21. The van der Waals surface area contributed by atoms with E-state index in [0.717, 1.165) is 58.4 Å². The maximum atomic E-state index is 12.4. The van der Waals surface area contributed by atoms with Crippen LogP contribution in [0.15, 0.2) is 36.4 Å². The molecule has 1 heterocycles. The van der Waals surface area contributed by atoms with Crippen molar-refractivity contribution >= 4 is 18.0 Å². The number of piperazine rings is 1. The summed E-state index contributed by atoms with van der Waals surface area (Å²) < 4.78 is 0. The standard InChI is InChI=1S/C22H32N4O2/c1-18(21(27)24-22(28)23-20-11-5-6-12-20)26-16-14-25(15-17-26)13-7-10-19-8-3-2-4-9-19/h2-4,7-10,18,20H,5-6,11-17H2,1H3,(H2,23,24,27,28)/b10-7+/t18-/m1/s1. The molecule has 0 unspecified atom stereocenters. The predicted molar refractivity (Wildman–Crippen MR) is 112 cm³/mol. The fraction of sp³-hybridized carbons (Fsp3) is 0.545. The molecule has 28 heavy (non-hydrogen) atoms. The number of imide groups is 1. The highest BCUT2D eigenvalue weighted by atomic mass is 16.2. The predicted octanol–water partition coefficient (Wildman–Crippen LogP) is 2.47. The first-order valence-electron chi connectivity index (χ1n) is 10.4. The molecule has 152 valence electrons. The molecule has 1 atom stereocenters. The number of carbonyl (C=O) groups is 2. The van der Waals surface area contributed by atoms with E-state index in [-0.39, 0.29) is 24.0 Å². The molecule has 1 aromatic carbocycles. The van der Waals surface area contributed by atoms with E-state index in [0.29, 0.717) is 0 Å². The SMILES string of the molecule is C[C@H](C(=O)NC(=O)NC1CCCC1)N1CCN(C/C=C/c2ccccc2)CC1. The van der Waals surface area contributed by atoms with Crippen molar-refractivity contribution in [3.63, 3.8) is 0 Å². The molecule has 3 rings (SSSR count). The zero-order chi connectivity index (χ0) is 19.8. The lowest BCUT2D eigenvalue weighted by molar-refractivity contribution is -0.125. The molecule has 0 bridgehead atoms. The van der Waals surface area contributed by atoms with Gasteiger partial charge in [-0.25, -0.2) is 4.79 Å². The zero-order valence-corrected chi connectivity index (χ0v) is 16.8. The van der Waals surface area contributed by atoms with Gasteiger partial charge in [0, 0.05) is 38.8 Å². The Morgan fingerprint density at radius 1 is 1.11 bits per heavy atom. The van der Waals surface area contributed by atoms with Gasteiger partial charge in [-0.15, -0.1) is 0 Å². The van der Waals surface area contributed by atoms with Crippen molar-refractivity contribution in [1.29, 1.82) is 0 Å². The van der Waals surface area contributed by atoms with Crippen LogP contribution in [0.2, 0.25) is 0 Å². The molecule has 0 spiro atoms. The Morgan fingerprint density at radius 3 is 2.46 bits per heavy atom. The second-order valence-corrected chi connectivity index (χ2v) is 7.77. The lowest BCUT2D eigenvalue weighted by Crippen LogP contribution is -2.55. The van der Waals surface area contributed by atoms with Crippen molar-refractivity contribution in [3.05, 3.63) is 42.0 Å². The summed E-state index contributed by atoms with van der Waals surface area (Å²) in [6.45, 7) is 6.29. The first kappa shape index (κ1) is 20.6. The normalized spacial score (nSPS) is 20.3. The summed E-state index contributed by atoms with van der Waals surface area (Å²) in [7, 11) is 0. The maximum Gasteiger partial charge on any atom is 0.321 e. The minimum atomic E-state index is -0.353. The Morgan fingerprint density at radius 2 is 1.79 bits per heavy atom. The molecule has 1 aromatic rings. The monoisotopic (exact) mass is 384 g/mol. The van der Waals surface area contributed by atoms with Gasteiger partial charge in [-0.2, -0.15) is 0 Å². The van der Waals surface area contributed by atoms with Gasteiger partial charge in [0.05, 0.1) is 6.04 Å². The second kappa shape index (κ2) is 10.4. The van der Waals surface area contributed by atoms with Crippen LogP contribution >= 0.6 is 0 Å². The van der Waals surface area contributed by atoms with Gasteiger partial charge in [0.2, 0.25) is 5.91 Å². The number of nitrogens with one attached hydrogen (secondary N) is 2. The van der Waals surface area contributed by atoms with Crippen molar-refractivity contribution in [1.82, 2.24) is 20.4 Å². The molecular weight excluding hydrogens is 352 g/mol. The molecule has 6 nitrogen and oxygen atoms in total. The van der Waals surface area contributed by atoms with E-state index in [4.69, 9.17) is 0 Å². The molecule has 1 saturated carbocycles. The van der Waals surface area contributed by atoms with Crippen LogP contribution in [0.5, 0.6) is 0 Å². The molecule has 2 fully saturated rings. The number of amides is 3. The van der Waals surface area contributed by atoms with E-state index in [9.17, 15) is 9.59 Å². The van der Waals surface area contributed by atoms with E-state index in [2.05, 4.69) is 44.7 Å². The van der Waals surface area contributed by atoms with E-state index in [1.807, 2.05) is 25.1 Å². The minimum absolute atomic E-state index is 0.215. The van der Waals surface area contributed by atoms with Crippen LogP contribution in [0.1, 0.15) is 38.2 Å². The Kier molecular flexibility index (Phi) is 7.62. The third kappa shape index (κ3) is 6.17. The highest BCUT2D eigenvalue weighted by Crippen LogP contribution is 2.17. The van der Waals surface area contributed by atoms with E-state index in [1.54, 1.807) is 0 Å². The van der Waals surface area contributed by atoms with Crippen molar-refractivity contribution in [3.8, 4) is 0 Å². The van der Waals surface area contributed by atoms with Crippen LogP contribution in [0.4, 0.5) is 4.79 Å². The number of benzene rings is 1. The first-order valence-corrected chi connectivity index (χ1v) is 10.4. The van der Waals surface area contributed by atoms with Crippen LogP contribution < -0.4 is 10.6 Å². The van der Waals surface area contributed by atoms with Gasteiger partial charge in [0.15, 0.2) is 0 Å². The van der Waals surface area contributed by atoms with Crippen LogP contribution in [0, 0.1) is 0 Å². The van der Waals surface area contributed by atoms with Crippen LogP contribution in [0.25, 0.3) is 6.08 Å². The molecule has 0 radical (unpaired) electrons. The summed E-state index contributed by atoms with van der Waals surface area (Å²) in [5.74, 6) is -0.215. The Bertz CT molecular complexity index is 662. The van der Waals surface area contributed by atoms with Crippen LogP contribution in [-0.4, -0.2) is 66.5 Å². The summed E-state index contributed by atoms with van der Waals surface area (Å²) in [5, 5.41) is 5.42. The number of nitrogens with zero attached hydrogens (tertiary/aromatic N) is 2. The van der Waals surface area contributed by atoms with Crippen molar-refractivity contribution in [2.45, 2.75) is 44.7 Å². The zero-order valence-electron chi connectivity index (χ0n) is 16.8. The highest BCUT2D eigenvalue weighted by Gasteiger charge is 2.27. The van der Waals surface area contributed by atoms with Gasteiger partial charge in [0.25, 0.3) is 0 Å². The Balaban J connectivity index is 1.36. The largest absolute Gasteiger partial charge is 0.335 e. The lowest BCUT2D eigenvalue weighted by atomic mass is 10.2.